The van der Waals surface area contributed by atoms with Crippen LogP contribution in [0.15, 0.2) is 36.4 Å². The number of hydrogen-bond donors (Lipinski definition) is 1. The highest BCUT2D eigenvalue weighted by Crippen LogP contribution is 2.33. The van der Waals surface area contributed by atoms with Gasteiger partial charge in [-0.25, -0.2) is 4.79 Å². The van der Waals surface area contributed by atoms with Crippen LogP contribution in [0, 0.1) is 0 Å². The molecule has 2 aliphatic heterocycles. The Kier molecular flexibility index (Phi) is 6.90. The molecule has 2 aliphatic rings. The van der Waals surface area contributed by atoms with Crippen molar-refractivity contribution in [3.05, 3.63) is 53.1 Å². The van der Waals surface area contributed by atoms with Crippen molar-refractivity contribution >= 4 is 17.8 Å². The van der Waals surface area contributed by atoms with Crippen LogP contribution in [-0.4, -0.2) is 68.1 Å². The molecule has 2 aromatic rings. The van der Waals surface area contributed by atoms with E-state index in [2.05, 4.69) is 5.32 Å². The Hall–Kier alpha value is -3.75. The van der Waals surface area contributed by atoms with Crippen molar-refractivity contribution < 1.29 is 28.6 Å². The molecule has 1 saturated heterocycles. The number of carbonyl (C=O) groups excluding carboxylic acids is 3. The highest BCUT2D eigenvalue weighted by atomic mass is 16.5. The quantitative estimate of drug-likeness (QED) is 0.598. The van der Waals surface area contributed by atoms with Crippen LogP contribution in [0.3, 0.4) is 0 Å². The molecule has 2 heterocycles. The first-order valence-electron chi connectivity index (χ1n) is 11.2. The third-order valence-electron chi connectivity index (χ3n) is 6.35. The summed E-state index contributed by atoms with van der Waals surface area (Å²) in [5.41, 5.74) is 3.00. The summed E-state index contributed by atoms with van der Waals surface area (Å²) in [4.78, 5) is 41.2. The molecule has 0 aromatic heterocycles. The Labute approximate surface area is 198 Å². The normalized spacial score (nSPS) is 17.3. The van der Waals surface area contributed by atoms with Crippen molar-refractivity contribution in [1.29, 1.82) is 0 Å². The van der Waals surface area contributed by atoms with Gasteiger partial charge in [0.25, 0.3) is 5.91 Å². The van der Waals surface area contributed by atoms with Crippen molar-refractivity contribution in [1.82, 2.24) is 15.1 Å². The number of imide groups is 1. The maximum atomic E-state index is 13.0. The Morgan fingerprint density at radius 1 is 1.00 bits per heavy atom. The second kappa shape index (κ2) is 10.0. The highest BCUT2D eigenvalue weighted by Gasteiger charge is 2.39. The maximum Gasteiger partial charge on any atom is 0.324 e. The molecule has 9 heteroatoms. The molecule has 4 rings (SSSR count). The second-order valence-corrected chi connectivity index (χ2v) is 8.30. The summed E-state index contributed by atoms with van der Waals surface area (Å²) >= 11 is 0. The smallest absolute Gasteiger partial charge is 0.324 e. The molecule has 4 amide bonds. The SMILES string of the molecule is COc1ccccc1CCN1C(=O)N[C@@H](CC(=O)N2CCc3cc(OC)c(OC)cc3C2)C1=O. The van der Waals surface area contributed by atoms with Crippen LogP contribution in [-0.2, 0) is 29.0 Å². The lowest BCUT2D eigenvalue weighted by atomic mass is 9.98. The van der Waals surface area contributed by atoms with E-state index < -0.39 is 12.1 Å². The van der Waals surface area contributed by atoms with Gasteiger partial charge in [-0.1, -0.05) is 18.2 Å². The van der Waals surface area contributed by atoms with Gasteiger partial charge in [-0.3, -0.25) is 14.5 Å². The highest BCUT2D eigenvalue weighted by molar-refractivity contribution is 6.05. The summed E-state index contributed by atoms with van der Waals surface area (Å²) in [6.45, 7) is 1.17. The molecule has 34 heavy (non-hydrogen) atoms. The number of urea groups is 1. The third kappa shape index (κ3) is 4.64. The van der Waals surface area contributed by atoms with Crippen LogP contribution in [0.4, 0.5) is 4.79 Å². The van der Waals surface area contributed by atoms with Crippen molar-refractivity contribution in [2.75, 3.05) is 34.4 Å². The average Bonchev–Trinajstić information content (AvgIpc) is 3.13. The molecule has 0 aliphatic carbocycles. The molecule has 0 spiro atoms. The van der Waals surface area contributed by atoms with E-state index in [0.29, 0.717) is 43.2 Å². The Morgan fingerprint density at radius 2 is 1.68 bits per heavy atom. The molecule has 1 fully saturated rings. The van der Waals surface area contributed by atoms with Crippen LogP contribution in [0.25, 0.3) is 0 Å². The largest absolute Gasteiger partial charge is 0.496 e. The van der Waals surface area contributed by atoms with E-state index >= 15 is 0 Å². The summed E-state index contributed by atoms with van der Waals surface area (Å²) in [6.07, 6.45) is 1.08. The lowest BCUT2D eigenvalue weighted by molar-refractivity contribution is -0.136. The Morgan fingerprint density at radius 3 is 2.38 bits per heavy atom. The van der Waals surface area contributed by atoms with Gasteiger partial charge in [0.2, 0.25) is 5.91 Å². The zero-order valence-corrected chi connectivity index (χ0v) is 19.6. The topological polar surface area (TPSA) is 97.4 Å². The predicted octanol–water partition coefficient (Wildman–Crippen LogP) is 2.15. The van der Waals surface area contributed by atoms with Crippen LogP contribution in [0.1, 0.15) is 23.1 Å². The van der Waals surface area contributed by atoms with Crippen molar-refractivity contribution in [2.24, 2.45) is 0 Å². The van der Waals surface area contributed by atoms with Gasteiger partial charge < -0.3 is 24.4 Å². The van der Waals surface area contributed by atoms with Gasteiger partial charge in [0.15, 0.2) is 11.5 Å². The van der Waals surface area contributed by atoms with Crippen molar-refractivity contribution in [3.63, 3.8) is 0 Å². The fourth-order valence-electron chi connectivity index (χ4n) is 4.47. The van der Waals surface area contributed by atoms with Gasteiger partial charge >= 0.3 is 6.03 Å². The van der Waals surface area contributed by atoms with Crippen LogP contribution < -0.4 is 19.5 Å². The number of amides is 4. The Balaban J connectivity index is 1.37. The number of rotatable bonds is 8. The number of fused-ring (bicyclic) bond motifs is 1. The van der Waals surface area contributed by atoms with Gasteiger partial charge in [0.05, 0.1) is 27.8 Å². The van der Waals surface area contributed by atoms with E-state index in [-0.39, 0.29) is 24.8 Å². The van der Waals surface area contributed by atoms with E-state index in [1.165, 1.54) is 4.90 Å². The molecule has 180 valence electrons. The number of carbonyl (C=O) groups is 3. The van der Waals surface area contributed by atoms with Crippen molar-refractivity contribution in [2.45, 2.75) is 31.8 Å². The molecule has 0 radical (unpaired) electrons. The number of nitrogens with zero attached hydrogens (tertiary/aromatic N) is 2. The summed E-state index contributed by atoms with van der Waals surface area (Å²) in [5, 5.41) is 2.66. The van der Waals surface area contributed by atoms with E-state index in [1.807, 2.05) is 36.4 Å². The van der Waals surface area contributed by atoms with Crippen LogP contribution in [0.5, 0.6) is 17.2 Å². The summed E-state index contributed by atoms with van der Waals surface area (Å²) in [7, 11) is 4.75. The molecule has 1 N–H and O–H groups in total. The number of methoxy groups -OCH3 is 3. The first-order valence-corrected chi connectivity index (χ1v) is 11.2. The van der Waals surface area contributed by atoms with Gasteiger partial charge in [-0.2, -0.15) is 0 Å². The molecule has 0 saturated carbocycles. The minimum atomic E-state index is -0.857. The number of ether oxygens (including phenoxy) is 3. The molecule has 0 unspecified atom stereocenters. The lowest BCUT2D eigenvalue weighted by Crippen LogP contribution is -2.41. The molecular formula is C25H29N3O6. The van der Waals surface area contributed by atoms with Gasteiger partial charge in [-0.05, 0) is 47.7 Å². The van der Waals surface area contributed by atoms with Gasteiger partial charge in [0.1, 0.15) is 11.8 Å². The summed E-state index contributed by atoms with van der Waals surface area (Å²) < 4.78 is 16.1. The number of hydrogen-bond acceptors (Lipinski definition) is 6. The number of para-hydroxylation sites is 1. The fourth-order valence-corrected chi connectivity index (χ4v) is 4.47. The third-order valence-corrected chi connectivity index (χ3v) is 6.35. The first-order chi connectivity index (χ1) is 16.4. The molecule has 0 bridgehead atoms. The minimum Gasteiger partial charge on any atom is -0.496 e. The van der Waals surface area contributed by atoms with Gasteiger partial charge in [-0.15, -0.1) is 0 Å². The number of benzene rings is 2. The minimum absolute atomic E-state index is 0.0711. The Bertz CT molecular complexity index is 1100. The van der Waals surface area contributed by atoms with E-state index in [9.17, 15) is 14.4 Å². The molecular weight excluding hydrogens is 438 g/mol. The summed E-state index contributed by atoms with van der Waals surface area (Å²) in [5.74, 6) is 1.43. The maximum absolute atomic E-state index is 13.0. The van der Waals surface area contributed by atoms with E-state index in [0.717, 1.165) is 16.7 Å². The predicted molar refractivity (Wildman–Crippen MR) is 124 cm³/mol. The lowest BCUT2D eigenvalue weighted by Gasteiger charge is -2.30. The van der Waals surface area contributed by atoms with Crippen LogP contribution in [0.2, 0.25) is 0 Å². The molecule has 9 nitrogen and oxygen atoms in total. The van der Waals surface area contributed by atoms with E-state index in [1.54, 1.807) is 26.2 Å². The van der Waals surface area contributed by atoms with Crippen LogP contribution >= 0.6 is 0 Å². The molecule has 2 aromatic carbocycles. The van der Waals surface area contributed by atoms with Gasteiger partial charge in [0, 0.05) is 19.6 Å². The summed E-state index contributed by atoms with van der Waals surface area (Å²) in [6, 6.07) is 9.98. The first kappa shape index (κ1) is 23.4. The van der Waals surface area contributed by atoms with Crippen molar-refractivity contribution in [3.8, 4) is 17.2 Å². The van der Waals surface area contributed by atoms with E-state index in [4.69, 9.17) is 14.2 Å². The average molecular weight is 468 g/mol. The zero-order chi connectivity index (χ0) is 24.2. The fraction of sp³-hybridized carbons (Fsp3) is 0.400. The standard InChI is InChI=1S/C25H29N3O6/c1-32-20-7-5-4-6-16(20)9-11-28-24(30)19(26-25(28)31)14-23(29)27-10-8-17-12-21(33-2)22(34-3)13-18(17)15-27/h4-7,12-13,19H,8-11,14-15H2,1-3H3,(H,26,31)/t19-/m0/s1. The monoisotopic (exact) mass is 467 g/mol. The second-order valence-electron chi connectivity index (χ2n) is 8.30. The zero-order valence-electron chi connectivity index (χ0n) is 19.6. The number of nitrogens with one attached hydrogen (secondary N) is 1. The molecule has 1 atom stereocenters.